The molecule has 5 heteroatoms. The van der Waals surface area contributed by atoms with Crippen molar-refractivity contribution >= 4 is 22.9 Å². The van der Waals surface area contributed by atoms with E-state index >= 15 is 0 Å². The van der Waals surface area contributed by atoms with Gasteiger partial charge in [-0.15, -0.1) is 0 Å². The molecule has 0 fully saturated rings. The van der Waals surface area contributed by atoms with Crippen molar-refractivity contribution in [2.45, 2.75) is 13.0 Å². The maximum atomic E-state index is 8.77. The Labute approximate surface area is 128 Å². The standard InChI is InChI=1S/C17H15N5/c18-9-5-11-22-13-14(15-6-1-2-7-16(15)22)12-20-21-17-8-3-4-10-19-17/h1-4,6-8,10,12-13H,5,11H2,(H,19,21)/b20-12-. The van der Waals surface area contributed by atoms with E-state index in [1.165, 1.54) is 0 Å². The van der Waals surface area contributed by atoms with Gasteiger partial charge in [0.25, 0.3) is 0 Å². The second-order valence-electron chi connectivity index (χ2n) is 4.79. The number of hydrazone groups is 1. The van der Waals surface area contributed by atoms with Crippen LogP contribution in [0.5, 0.6) is 0 Å². The highest BCUT2D eigenvalue weighted by Gasteiger charge is 2.05. The second-order valence-corrected chi connectivity index (χ2v) is 4.79. The molecule has 0 aliphatic carbocycles. The van der Waals surface area contributed by atoms with Crippen molar-refractivity contribution in [1.82, 2.24) is 9.55 Å². The third-order valence-corrected chi connectivity index (χ3v) is 3.33. The van der Waals surface area contributed by atoms with E-state index in [9.17, 15) is 0 Å². The molecule has 2 heterocycles. The van der Waals surface area contributed by atoms with Gasteiger partial charge >= 0.3 is 0 Å². The van der Waals surface area contributed by atoms with Gasteiger partial charge in [-0.1, -0.05) is 24.3 Å². The lowest BCUT2D eigenvalue weighted by Crippen LogP contribution is -1.94. The predicted molar refractivity (Wildman–Crippen MR) is 87.6 cm³/mol. The summed E-state index contributed by atoms with van der Waals surface area (Å²) >= 11 is 0. The van der Waals surface area contributed by atoms with Crippen molar-refractivity contribution in [2.24, 2.45) is 5.10 Å². The SMILES string of the molecule is N#CCCn1cc(/C=N\Nc2ccccn2)c2ccccc21. The molecule has 0 spiro atoms. The van der Waals surface area contributed by atoms with E-state index in [4.69, 9.17) is 5.26 Å². The Morgan fingerprint density at radius 3 is 2.91 bits per heavy atom. The summed E-state index contributed by atoms with van der Waals surface area (Å²) in [6.45, 7) is 0.679. The Hall–Kier alpha value is -3.13. The van der Waals surface area contributed by atoms with Crippen molar-refractivity contribution < 1.29 is 0 Å². The van der Waals surface area contributed by atoms with Crippen LogP contribution in [0, 0.1) is 11.3 Å². The summed E-state index contributed by atoms with van der Waals surface area (Å²) in [5.41, 5.74) is 5.03. The number of nitrogens with one attached hydrogen (secondary N) is 1. The zero-order chi connectivity index (χ0) is 15.2. The summed E-state index contributed by atoms with van der Waals surface area (Å²) in [6, 6.07) is 15.9. The maximum absolute atomic E-state index is 8.77. The fourth-order valence-corrected chi connectivity index (χ4v) is 2.33. The molecule has 1 N–H and O–H groups in total. The first-order chi connectivity index (χ1) is 10.9. The maximum Gasteiger partial charge on any atom is 0.146 e. The zero-order valence-electron chi connectivity index (χ0n) is 12.0. The van der Waals surface area contributed by atoms with Crippen LogP contribution in [0.4, 0.5) is 5.82 Å². The van der Waals surface area contributed by atoms with Crippen LogP contribution in [0.3, 0.4) is 0 Å². The molecule has 22 heavy (non-hydrogen) atoms. The first-order valence-electron chi connectivity index (χ1n) is 7.03. The predicted octanol–water partition coefficient (Wildman–Crippen LogP) is 3.40. The fraction of sp³-hybridized carbons (Fsp3) is 0.118. The van der Waals surface area contributed by atoms with Gasteiger partial charge in [0.15, 0.2) is 0 Å². The largest absolute Gasteiger partial charge is 0.346 e. The number of benzene rings is 1. The number of rotatable bonds is 5. The van der Waals surface area contributed by atoms with Gasteiger partial charge in [0.05, 0.1) is 18.7 Å². The molecule has 0 saturated heterocycles. The number of nitriles is 1. The van der Waals surface area contributed by atoms with Gasteiger partial charge in [0, 0.05) is 35.4 Å². The zero-order valence-corrected chi connectivity index (χ0v) is 12.0. The van der Waals surface area contributed by atoms with Crippen molar-refractivity contribution in [3.8, 4) is 6.07 Å². The van der Waals surface area contributed by atoms with E-state index < -0.39 is 0 Å². The number of aromatic nitrogens is 2. The summed E-state index contributed by atoms with van der Waals surface area (Å²) < 4.78 is 2.08. The monoisotopic (exact) mass is 289 g/mol. The normalized spacial score (nSPS) is 10.9. The molecule has 0 aliphatic heterocycles. The Morgan fingerprint density at radius 1 is 1.23 bits per heavy atom. The highest BCUT2D eigenvalue weighted by atomic mass is 15.3. The van der Waals surface area contributed by atoms with E-state index in [0.29, 0.717) is 18.8 Å². The summed E-state index contributed by atoms with van der Waals surface area (Å²) in [5.74, 6) is 0.701. The molecule has 0 amide bonds. The van der Waals surface area contributed by atoms with Gasteiger partial charge < -0.3 is 4.57 Å². The Bertz CT molecular complexity index is 827. The molecule has 0 bridgehead atoms. The molecule has 5 nitrogen and oxygen atoms in total. The molecule has 108 valence electrons. The number of fused-ring (bicyclic) bond motifs is 1. The fourth-order valence-electron chi connectivity index (χ4n) is 2.33. The molecule has 1 aromatic carbocycles. The minimum Gasteiger partial charge on any atom is -0.346 e. The van der Waals surface area contributed by atoms with Crippen molar-refractivity contribution in [3.05, 3.63) is 60.4 Å². The molecule has 0 radical (unpaired) electrons. The Balaban J connectivity index is 1.85. The molecular weight excluding hydrogens is 274 g/mol. The van der Waals surface area contributed by atoms with Crippen LogP contribution in [0.15, 0.2) is 60.0 Å². The summed E-state index contributed by atoms with van der Waals surface area (Å²) in [6.07, 6.45) is 6.00. The number of nitrogens with zero attached hydrogens (tertiary/aromatic N) is 4. The van der Waals surface area contributed by atoms with Crippen LogP contribution in [-0.4, -0.2) is 15.8 Å². The Kier molecular flexibility index (Phi) is 4.12. The van der Waals surface area contributed by atoms with Crippen molar-refractivity contribution in [2.75, 3.05) is 5.43 Å². The molecule has 3 rings (SSSR count). The van der Waals surface area contributed by atoms with Gasteiger partial charge in [-0.3, -0.25) is 5.43 Å². The highest BCUT2D eigenvalue weighted by molar-refractivity contribution is 5.99. The lowest BCUT2D eigenvalue weighted by Gasteiger charge is -2.00. The number of pyridine rings is 1. The summed E-state index contributed by atoms with van der Waals surface area (Å²) in [4.78, 5) is 4.15. The van der Waals surface area contributed by atoms with Gasteiger partial charge in [0.1, 0.15) is 5.82 Å². The highest BCUT2D eigenvalue weighted by Crippen LogP contribution is 2.20. The average Bonchev–Trinajstić information content (AvgIpc) is 2.92. The van der Waals surface area contributed by atoms with Crippen LogP contribution >= 0.6 is 0 Å². The molecule has 3 aromatic rings. The van der Waals surface area contributed by atoms with Crippen molar-refractivity contribution in [1.29, 1.82) is 5.26 Å². The first kappa shape index (κ1) is 13.8. The molecular formula is C17H15N5. The topological polar surface area (TPSA) is 66.0 Å². The van der Waals surface area contributed by atoms with Crippen LogP contribution in [0.25, 0.3) is 10.9 Å². The van der Waals surface area contributed by atoms with Gasteiger partial charge in [-0.05, 0) is 18.2 Å². The van der Waals surface area contributed by atoms with Crippen LogP contribution in [-0.2, 0) is 6.54 Å². The van der Waals surface area contributed by atoms with Crippen LogP contribution < -0.4 is 5.43 Å². The first-order valence-corrected chi connectivity index (χ1v) is 7.03. The molecule has 2 aromatic heterocycles. The summed E-state index contributed by atoms with van der Waals surface area (Å²) in [5, 5.41) is 14.1. The lowest BCUT2D eigenvalue weighted by atomic mass is 10.2. The number of hydrogen-bond acceptors (Lipinski definition) is 4. The second kappa shape index (κ2) is 6.55. The minimum absolute atomic E-state index is 0.488. The van der Waals surface area contributed by atoms with E-state index in [-0.39, 0.29) is 0 Å². The van der Waals surface area contributed by atoms with Crippen molar-refractivity contribution in [3.63, 3.8) is 0 Å². The van der Waals surface area contributed by atoms with Gasteiger partial charge in [-0.2, -0.15) is 10.4 Å². The number of hydrogen-bond donors (Lipinski definition) is 1. The smallest absolute Gasteiger partial charge is 0.146 e. The number of para-hydroxylation sites is 1. The lowest BCUT2D eigenvalue weighted by molar-refractivity contribution is 0.744. The van der Waals surface area contributed by atoms with E-state index in [0.717, 1.165) is 16.5 Å². The quantitative estimate of drug-likeness (QED) is 0.578. The van der Waals surface area contributed by atoms with Gasteiger partial charge in [0.2, 0.25) is 0 Å². The van der Waals surface area contributed by atoms with E-state index in [1.807, 2.05) is 36.5 Å². The number of anilines is 1. The minimum atomic E-state index is 0.488. The summed E-state index contributed by atoms with van der Waals surface area (Å²) in [7, 11) is 0. The Morgan fingerprint density at radius 2 is 2.09 bits per heavy atom. The molecule has 0 unspecified atom stereocenters. The van der Waals surface area contributed by atoms with Crippen LogP contribution in [0.2, 0.25) is 0 Å². The molecule has 0 atom stereocenters. The van der Waals surface area contributed by atoms with Crippen LogP contribution in [0.1, 0.15) is 12.0 Å². The third kappa shape index (κ3) is 2.96. The third-order valence-electron chi connectivity index (χ3n) is 3.33. The molecule has 0 aliphatic rings. The van der Waals surface area contributed by atoms with Gasteiger partial charge in [-0.25, -0.2) is 4.98 Å². The molecule has 0 saturated carbocycles. The average molecular weight is 289 g/mol. The van der Waals surface area contributed by atoms with E-state index in [1.54, 1.807) is 12.4 Å². The number of aryl methyl sites for hydroxylation is 1. The van der Waals surface area contributed by atoms with E-state index in [2.05, 4.69) is 38.3 Å².